The van der Waals surface area contributed by atoms with Gasteiger partial charge in [0.05, 0.1) is 18.1 Å². The minimum absolute atomic E-state index is 0.378. The number of aromatic nitrogens is 4. The fraction of sp³-hybridized carbons (Fsp3) is 0.188. The first kappa shape index (κ1) is 15.3. The van der Waals surface area contributed by atoms with E-state index >= 15 is 0 Å². The molecule has 0 aliphatic carbocycles. The predicted molar refractivity (Wildman–Crippen MR) is 86.1 cm³/mol. The molecule has 2 heterocycles. The number of ether oxygens (including phenoxy) is 1. The molecule has 0 spiro atoms. The van der Waals surface area contributed by atoms with E-state index in [2.05, 4.69) is 15.2 Å². The Morgan fingerprint density at radius 3 is 2.70 bits per heavy atom. The molecule has 118 valence electrons. The third-order valence-electron chi connectivity index (χ3n) is 3.54. The van der Waals surface area contributed by atoms with Gasteiger partial charge < -0.3 is 9.30 Å². The average molecular weight is 331 g/mol. The van der Waals surface area contributed by atoms with Crippen LogP contribution in [0, 0.1) is 0 Å². The first-order valence-electron chi connectivity index (χ1n) is 7.05. The second-order valence-electron chi connectivity index (χ2n) is 5.07. The van der Waals surface area contributed by atoms with Crippen molar-refractivity contribution in [1.29, 1.82) is 0 Å². The fourth-order valence-corrected chi connectivity index (χ4v) is 2.46. The highest BCUT2D eigenvalue weighted by molar-refractivity contribution is 6.29. The lowest BCUT2D eigenvalue weighted by Gasteiger charge is -2.13. The van der Waals surface area contributed by atoms with E-state index in [9.17, 15) is 4.79 Å². The van der Waals surface area contributed by atoms with Crippen LogP contribution in [0.2, 0.25) is 5.15 Å². The van der Waals surface area contributed by atoms with Gasteiger partial charge in [-0.25, -0.2) is 9.78 Å². The number of aromatic amines is 1. The number of hydrogen-bond donors (Lipinski definition) is 1. The average Bonchev–Trinajstić information content (AvgIpc) is 3.16. The van der Waals surface area contributed by atoms with Gasteiger partial charge in [-0.15, -0.1) is 0 Å². The smallest absolute Gasteiger partial charge is 0.342 e. The molecule has 0 aliphatic rings. The second kappa shape index (κ2) is 6.26. The molecular formula is C16H15ClN4O2. The first-order chi connectivity index (χ1) is 11.1. The van der Waals surface area contributed by atoms with Crippen LogP contribution in [-0.4, -0.2) is 25.7 Å². The molecule has 6 nitrogen and oxygen atoms in total. The number of hydrogen-bond acceptors (Lipinski definition) is 4. The number of nitrogens with zero attached hydrogens (tertiary/aromatic N) is 3. The van der Waals surface area contributed by atoms with Crippen molar-refractivity contribution >= 4 is 17.6 Å². The van der Waals surface area contributed by atoms with Gasteiger partial charge in [0, 0.05) is 12.6 Å². The molecule has 0 saturated carbocycles. The normalized spacial score (nSPS) is 12.1. The van der Waals surface area contributed by atoms with Gasteiger partial charge in [-0.3, -0.25) is 5.10 Å². The van der Waals surface area contributed by atoms with Crippen LogP contribution in [0.15, 0.2) is 42.7 Å². The van der Waals surface area contributed by atoms with Gasteiger partial charge in [0.1, 0.15) is 10.7 Å². The molecule has 0 fully saturated rings. The molecule has 7 heteroatoms. The molecule has 3 rings (SSSR count). The van der Waals surface area contributed by atoms with Crippen LogP contribution in [0.5, 0.6) is 0 Å². The molecule has 0 saturated heterocycles. The minimum Gasteiger partial charge on any atom is -0.451 e. The van der Waals surface area contributed by atoms with Crippen LogP contribution in [0.3, 0.4) is 0 Å². The maximum Gasteiger partial charge on any atom is 0.342 e. The van der Waals surface area contributed by atoms with Crippen molar-refractivity contribution in [3.8, 4) is 11.3 Å². The van der Waals surface area contributed by atoms with Crippen molar-refractivity contribution in [2.24, 2.45) is 7.05 Å². The Labute approximate surface area is 138 Å². The maximum atomic E-state index is 12.4. The van der Waals surface area contributed by atoms with E-state index in [1.54, 1.807) is 18.5 Å². The highest BCUT2D eigenvalue weighted by Crippen LogP contribution is 2.24. The van der Waals surface area contributed by atoms with E-state index < -0.39 is 12.1 Å². The molecule has 1 N–H and O–H groups in total. The monoisotopic (exact) mass is 330 g/mol. The van der Waals surface area contributed by atoms with Gasteiger partial charge in [0.15, 0.2) is 11.9 Å². The molecule has 1 aromatic carbocycles. The van der Waals surface area contributed by atoms with E-state index in [0.29, 0.717) is 22.2 Å². The second-order valence-corrected chi connectivity index (χ2v) is 5.46. The van der Waals surface area contributed by atoms with Gasteiger partial charge in [-0.05, 0) is 6.92 Å². The van der Waals surface area contributed by atoms with E-state index in [4.69, 9.17) is 16.3 Å². The van der Waals surface area contributed by atoms with Crippen molar-refractivity contribution in [1.82, 2.24) is 19.7 Å². The Morgan fingerprint density at radius 2 is 2.04 bits per heavy atom. The fourth-order valence-electron chi connectivity index (χ4n) is 2.32. The zero-order valence-electron chi connectivity index (χ0n) is 12.7. The van der Waals surface area contributed by atoms with Crippen LogP contribution in [0.25, 0.3) is 11.3 Å². The Kier molecular flexibility index (Phi) is 4.16. The number of imidazole rings is 1. The summed E-state index contributed by atoms with van der Waals surface area (Å²) in [5.41, 5.74) is 1.87. The number of halogens is 1. The summed E-state index contributed by atoms with van der Waals surface area (Å²) in [6.07, 6.45) is 2.45. The summed E-state index contributed by atoms with van der Waals surface area (Å²) in [4.78, 5) is 16.6. The summed E-state index contributed by atoms with van der Waals surface area (Å²) in [6.45, 7) is 1.75. The number of H-pyrrole nitrogens is 1. The Bertz CT molecular complexity index is 826. The lowest BCUT2D eigenvalue weighted by atomic mass is 10.1. The zero-order valence-corrected chi connectivity index (χ0v) is 13.4. The lowest BCUT2D eigenvalue weighted by molar-refractivity contribution is 0.0315. The van der Waals surface area contributed by atoms with Crippen molar-refractivity contribution in [3.05, 3.63) is 59.3 Å². The number of esters is 1. The summed E-state index contributed by atoms with van der Waals surface area (Å²) in [5.74, 6) is 0.109. The highest BCUT2D eigenvalue weighted by Gasteiger charge is 2.22. The maximum absolute atomic E-state index is 12.4. The summed E-state index contributed by atoms with van der Waals surface area (Å²) in [5, 5.41) is 7.27. The molecule has 1 atom stereocenters. The van der Waals surface area contributed by atoms with Crippen LogP contribution in [0.1, 0.15) is 29.2 Å². The molecule has 0 aliphatic heterocycles. The predicted octanol–water partition coefficient (Wildman–Crippen LogP) is 3.38. The summed E-state index contributed by atoms with van der Waals surface area (Å²) in [7, 11) is 1.77. The topological polar surface area (TPSA) is 72.8 Å². The summed E-state index contributed by atoms with van der Waals surface area (Å²) in [6, 6.07) is 9.48. The number of benzene rings is 1. The van der Waals surface area contributed by atoms with Crippen molar-refractivity contribution in [2.45, 2.75) is 13.0 Å². The van der Waals surface area contributed by atoms with E-state index in [1.165, 1.54) is 12.4 Å². The van der Waals surface area contributed by atoms with Crippen LogP contribution in [0.4, 0.5) is 0 Å². The van der Waals surface area contributed by atoms with E-state index in [-0.39, 0.29) is 0 Å². The third-order valence-corrected chi connectivity index (χ3v) is 3.89. The van der Waals surface area contributed by atoms with Crippen molar-refractivity contribution in [2.75, 3.05) is 0 Å². The van der Waals surface area contributed by atoms with Gasteiger partial charge in [-0.1, -0.05) is 41.9 Å². The molecule has 0 amide bonds. The van der Waals surface area contributed by atoms with Gasteiger partial charge in [-0.2, -0.15) is 5.10 Å². The quantitative estimate of drug-likeness (QED) is 0.744. The Balaban J connectivity index is 1.82. The number of carbonyl (C=O) groups is 1. The standard InChI is InChI=1S/C16H15ClN4O2/c1-10(15-18-9-13(17)21(15)2)23-16(22)12-8-19-20-14(12)11-6-4-3-5-7-11/h3-10H,1-2H3,(H,19,20). The molecular weight excluding hydrogens is 316 g/mol. The largest absolute Gasteiger partial charge is 0.451 e. The Hall–Kier alpha value is -2.60. The summed E-state index contributed by atoms with van der Waals surface area (Å²) < 4.78 is 7.17. The zero-order chi connectivity index (χ0) is 16.4. The van der Waals surface area contributed by atoms with Crippen molar-refractivity contribution in [3.63, 3.8) is 0 Å². The van der Waals surface area contributed by atoms with Gasteiger partial charge in [0.2, 0.25) is 0 Å². The van der Waals surface area contributed by atoms with E-state index in [0.717, 1.165) is 5.56 Å². The Morgan fingerprint density at radius 1 is 1.30 bits per heavy atom. The van der Waals surface area contributed by atoms with Crippen LogP contribution >= 0.6 is 11.6 Å². The molecule has 1 unspecified atom stereocenters. The van der Waals surface area contributed by atoms with Gasteiger partial charge >= 0.3 is 5.97 Å². The van der Waals surface area contributed by atoms with Crippen LogP contribution in [-0.2, 0) is 11.8 Å². The molecule has 23 heavy (non-hydrogen) atoms. The SMILES string of the molecule is CC(OC(=O)c1cn[nH]c1-c1ccccc1)c1ncc(Cl)n1C. The molecule has 2 aromatic heterocycles. The molecule has 3 aromatic rings. The number of rotatable bonds is 4. The minimum atomic E-state index is -0.529. The van der Waals surface area contributed by atoms with Gasteiger partial charge in [0.25, 0.3) is 0 Å². The highest BCUT2D eigenvalue weighted by atomic mass is 35.5. The van der Waals surface area contributed by atoms with E-state index in [1.807, 2.05) is 30.3 Å². The molecule has 0 radical (unpaired) electrons. The van der Waals surface area contributed by atoms with Crippen LogP contribution < -0.4 is 0 Å². The number of carbonyl (C=O) groups excluding carboxylic acids is 1. The number of nitrogens with one attached hydrogen (secondary N) is 1. The summed E-state index contributed by atoms with van der Waals surface area (Å²) >= 11 is 5.96. The first-order valence-corrected chi connectivity index (χ1v) is 7.42. The third kappa shape index (κ3) is 2.98. The molecule has 0 bridgehead atoms. The van der Waals surface area contributed by atoms with Crippen molar-refractivity contribution < 1.29 is 9.53 Å². The lowest BCUT2D eigenvalue weighted by Crippen LogP contribution is -2.13.